The van der Waals surface area contributed by atoms with Crippen LogP contribution in [-0.2, 0) is 0 Å². The molecule has 1 nitrogen and oxygen atoms in total. The van der Waals surface area contributed by atoms with E-state index in [0.717, 1.165) is 18.8 Å². The lowest BCUT2D eigenvalue weighted by atomic mass is 9.58. The van der Waals surface area contributed by atoms with E-state index in [1.54, 1.807) is 6.08 Å². The molecule has 0 heterocycles. The van der Waals surface area contributed by atoms with Crippen LogP contribution in [0.15, 0.2) is 12.7 Å². The van der Waals surface area contributed by atoms with Crippen molar-refractivity contribution in [1.82, 2.24) is 0 Å². The van der Waals surface area contributed by atoms with Gasteiger partial charge in [-0.1, -0.05) is 46.6 Å². The highest BCUT2D eigenvalue weighted by Gasteiger charge is 2.41. The van der Waals surface area contributed by atoms with Gasteiger partial charge in [0, 0.05) is 0 Å². The van der Waals surface area contributed by atoms with Gasteiger partial charge < -0.3 is 5.11 Å². The summed E-state index contributed by atoms with van der Waals surface area (Å²) in [5.74, 6) is 0.721. The second-order valence-electron chi connectivity index (χ2n) is 8.05. The third-order valence-electron chi connectivity index (χ3n) is 5.40. The van der Waals surface area contributed by atoms with E-state index in [1.807, 2.05) is 6.92 Å². The SMILES string of the molecule is C=CC(C)(O)CC[C@H](CC)[C@]1(C)CCCC(C)(C)C1. The van der Waals surface area contributed by atoms with Gasteiger partial charge >= 0.3 is 0 Å². The number of aliphatic hydroxyl groups is 1. The zero-order valence-corrected chi connectivity index (χ0v) is 13.8. The molecule has 19 heavy (non-hydrogen) atoms. The van der Waals surface area contributed by atoms with Crippen molar-refractivity contribution in [3.63, 3.8) is 0 Å². The molecule has 1 rings (SSSR count). The first-order valence-electron chi connectivity index (χ1n) is 8.00. The third-order valence-corrected chi connectivity index (χ3v) is 5.40. The molecule has 1 aliphatic carbocycles. The van der Waals surface area contributed by atoms with Crippen LogP contribution >= 0.6 is 0 Å². The van der Waals surface area contributed by atoms with Crippen molar-refractivity contribution in [1.29, 1.82) is 0 Å². The minimum atomic E-state index is -0.700. The van der Waals surface area contributed by atoms with Gasteiger partial charge in [-0.25, -0.2) is 0 Å². The summed E-state index contributed by atoms with van der Waals surface area (Å²) in [6.45, 7) is 15.2. The Labute approximate surface area is 120 Å². The van der Waals surface area contributed by atoms with Crippen LogP contribution in [0.4, 0.5) is 0 Å². The predicted molar refractivity (Wildman–Crippen MR) is 84.2 cm³/mol. The first kappa shape index (κ1) is 16.8. The zero-order valence-electron chi connectivity index (χ0n) is 13.8. The maximum atomic E-state index is 10.1. The number of rotatable bonds is 6. The molecule has 3 atom stereocenters. The molecule has 0 aromatic carbocycles. The minimum Gasteiger partial charge on any atom is -0.386 e. The monoisotopic (exact) mass is 266 g/mol. The maximum Gasteiger partial charge on any atom is 0.0797 e. The Balaban J connectivity index is 2.70. The Morgan fingerprint density at radius 2 is 1.95 bits per heavy atom. The van der Waals surface area contributed by atoms with Crippen LogP contribution in [0.5, 0.6) is 0 Å². The maximum absolute atomic E-state index is 10.1. The molecule has 0 bridgehead atoms. The molecule has 1 N–H and O–H groups in total. The summed E-state index contributed by atoms with van der Waals surface area (Å²) in [6, 6.07) is 0. The van der Waals surface area contributed by atoms with E-state index in [-0.39, 0.29) is 0 Å². The van der Waals surface area contributed by atoms with Gasteiger partial charge in [0.1, 0.15) is 0 Å². The van der Waals surface area contributed by atoms with E-state index >= 15 is 0 Å². The Bertz CT molecular complexity index is 303. The molecule has 0 aromatic heterocycles. The lowest BCUT2D eigenvalue weighted by molar-refractivity contribution is 0.0211. The van der Waals surface area contributed by atoms with Gasteiger partial charge in [0.05, 0.1) is 5.60 Å². The van der Waals surface area contributed by atoms with E-state index in [2.05, 4.69) is 34.3 Å². The molecule has 0 radical (unpaired) electrons. The fourth-order valence-electron chi connectivity index (χ4n) is 4.20. The summed E-state index contributed by atoms with van der Waals surface area (Å²) < 4.78 is 0. The van der Waals surface area contributed by atoms with Crippen molar-refractivity contribution in [2.75, 3.05) is 0 Å². The van der Waals surface area contributed by atoms with Gasteiger partial charge in [0.25, 0.3) is 0 Å². The normalized spacial score (nSPS) is 31.5. The van der Waals surface area contributed by atoms with Crippen molar-refractivity contribution in [3.05, 3.63) is 12.7 Å². The standard InChI is InChI=1S/C18H34O/c1-7-15(10-13-18(6,19)8-2)17(5)12-9-11-16(3,4)14-17/h8,15,19H,2,7,9-14H2,1,3-6H3/t15-,17+,18?/m0/s1. The highest BCUT2D eigenvalue weighted by atomic mass is 16.3. The number of hydrogen-bond donors (Lipinski definition) is 1. The Hall–Kier alpha value is -0.300. The molecule has 0 spiro atoms. The van der Waals surface area contributed by atoms with Crippen LogP contribution in [0.25, 0.3) is 0 Å². The largest absolute Gasteiger partial charge is 0.386 e. The molecule has 0 saturated heterocycles. The van der Waals surface area contributed by atoms with E-state index < -0.39 is 5.60 Å². The van der Waals surface area contributed by atoms with Crippen LogP contribution < -0.4 is 0 Å². The lowest BCUT2D eigenvalue weighted by Crippen LogP contribution is -2.37. The summed E-state index contributed by atoms with van der Waals surface area (Å²) in [4.78, 5) is 0. The van der Waals surface area contributed by atoms with Gasteiger partial charge in [0.2, 0.25) is 0 Å². The summed E-state index contributed by atoms with van der Waals surface area (Å²) in [5, 5.41) is 10.1. The van der Waals surface area contributed by atoms with Crippen LogP contribution in [0.2, 0.25) is 0 Å². The van der Waals surface area contributed by atoms with Crippen LogP contribution in [0, 0.1) is 16.7 Å². The van der Waals surface area contributed by atoms with Crippen molar-refractivity contribution in [2.24, 2.45) is 16.7 Å². The molecule has 0 aliphatic heterocycles. The molecule has 1 saturated carbocycles. The van der Waals surface area contributed by atoms with Crippen molar-refractivity contribution in [2.45, 2.75) is 85.2 Å². The predicted octanol–water partition coefficient (Wildman–Crippen LogP) is 5.34. The van der Waals surface area contributed by atoms with Crippen LogP contribution in [0.3, 0.4) is 0 Å². The average molecular weight is 266 g/mol. The van der Waals surface area contributed by atoms with Gasteiger partial charge in [-0.05, 0) is 55.8 Å². The number of hydrogen-bond acceptors (Lipinski definition) is 1. The van der Waals surface area contributed by atoms with Crippen LogP contribution in [0.1, 0.15) is 79.6 Å². The summed E-state index contributed by atoms with van der Waals surface area (Å²) in [6.07, 6.45) is 10.3. The third kappa shape index (κ3) is 4.63. The quantitative estimate of drug-likeness (QED) is 0.644. The molecular formula is C18H34O. The molecular weight excluding hydrogens is 232 g/mol. The van der Waals surface area contributed by atoms with Gasteiger partial charge in [-0.15, -0.1) is 6.58 Å². The molecule has 112 valence electrons. The van der Waals surface area contributed by atoms with E-state index in [0.29, 0.717) is 10.8 Å². The van der Waals surface area contributed by atoms with Gasteiger partial charge in [-0.3, -0.25) is 0 Å². The molecule has 1 aliphatic rings. The minimum absolute atomic E-state index is 0.452. The Kier molecular flexibility index (Phi) is 5.28. The van der Waals surface area contributed by atoms with Crippen molar-refractivity contribution >= 4 is 0 Å². The van der Waals surface area contributed by atoms with Crippen molar-refractivity contribution in [3.8, 4) is 0 Å². The summed E-state index contributed by atoms with van der Waals surface area (Å²) in [5.41, 5.74) is 0.239. The summed E-state index contributed by atoms with van der Waals surface area (Å²) >= 11 is 0. The van der Waals surface area contributed by atoms with E-state index in [9.17, 15) is 5.11 Å². The van der Waals surface area contributed by atoms with E-state index in [1.165, 1.54) is 32.1 Å². The second kappa shape index (κ2) is 5.99. The Morgan fingerprint density at radius 1 is 1.32 bits per heavy atom. The lowest BCUT2D eigenvalue weighted by Gasteiger charge is -2.48. The molecule has 0 aromatic rings. The first-order valence-corrected chi connectivity index (χ1v) is 8.00. The van der Waals surface area contributed by atoms with Crippen LogP contribution in [-0.4, -0.2) is 10.7 Å². The highest BCUT2D eigenvalue weighted by molar-refractivity contribution is 4.95. The smallest absolute Gasteiger partial charge is 0.0797 e. The van der Waals surface area contributed by atoms with E-state index in [4.69, 9.17) is 0 Å². The Morgan fingerprint density at radius 3 is 2.42 bits per heavy atom. The topological polar surface area (TPSA) is 20.2 Å². The fraction of sp³-hybridized carbons (Fsp3) is 0.889. The molecule has 1 unspecified atom stereocenters. The fourth-order valence-corrected chi connectivity index (χ4v) is 4.20. The van der Waals surface area contributed by atoms with Gasteiger partial charge in [0.15, 0.2) is 0 Å². The zero-order chi connectivity index (χ0) is 14.7. The molecule has 0 amide bonds. The first-order chi connectivity index (χ1) is 8.64. The molecule has 1 heteroatoms. The average Bonchev–Trinajstić information content (AvgIpc) is 2.27. The molecule has 1 fully saturated rings. The highest BCUT2D eigenvalue weighted by Crippen LogP contribution is 2.52. The van der Waals surface area contributed by atoms with Crippen molar-refractivity contribution < 1.29 is 5.11 Å². The van der Waals surface area contributed by atoms with Gasteiger partial charge in [-0.2, -0.15) is 0 Å². The summed E-state index contributed by atoms with van der Waals surface area (Å²) in [7, 11) is 0. The second-order valence-corrected chi connectivity index (χ2v) is 8.05.